The third kappa shape index (κ3) is 2.98. The maximum absolute atomic E-state index is 5.51. The Hall–Kier alpha value is -1.91. The van der Waals surface area contributed by atoms with Crippen LogP contribution in [-0.4, -0.2) is 10.0 Å². The summed E-state index contributed by atoms with van der Waals surface area (Å²) in [6, 6.07) is 16.9. The van der Waals surface area contributed by atoms with Crippen LogP contribution in [0.4, 0.5) is 5.69 Å². The molecule has 0 aromatic heterocycles. The molecule has 2 aromatic rings. The van der Waals surface area contributed by atoms with E-state index in [4.69, 9.17) is 18.0 Å². The lowest BCUT2D eigenvalue weighted by Gasteiger charge is -2.14. The number of fused-ring (bicyclic) bond motifs is 1. The summed E-state index contributed by atoms with van der Waals surface area (Å²) in [5, 5.41) is 3.30. The van der Waals surface area contributed by atoms with Gasteiger partial charge in [0, 0.05) is 25.3 Å². The van der Waals surface area contributed by atoms with Gasteiger partial charge in [-0.15, -0.1) is 0 Å². The molecule has 0 radical (unpaired) electrons. The molecular weight excluding hydrogens is 266 g/mol. The van der Waals surface area contributed by atoms with Crippen LogP contribution in [0, 0.1) is 0 Å². The average Bonchev–Trinajstić information content (AvgIpc) is 2.80. The van der Waals surface area contributed by atoms with Gasteiger partial charge in [0.2, 0.25) is 0 Å². The first-order valence-corrected chi connectivity index (χ1v) is 7.06. The fourth-order valence-corrected chi connectivity index (χ4v) is 2.76. The minimum absolute atomic E-state index is 0.309. The summed E-state index contributed by atoms with van der Waals surface area (Å²) in [5.74, 6) is 0. The fraction of sp³-hybridized carbons (Fsp3) is 0.188. The Kier molecular flexibility index (Phi) is 3.67. The molecule has 1 aliphatic heterocycles. The van der Waals surface area contributed by atoms with E-state index < -0.39 is 0 Å². The Morgan fingerprint density at radius 2 is 1.85 bits per heavy atom. The average molecular weight is 283 g/mol. The molecule has 4 heteroatoms. The van der Waals surface area contributed by atoms with Crippen molar-refractivity contribution in [3.8, 4) is 0 Å². The first-order chi connectivity index (χ1) is 9.70. The molecule has 1 heterocycles. The standard InChI is InChI=1S/C16H17N3S/c17-16(20)18-15-7-6-13-10-19(11-14(13)8-15)9-12-4-2-1-3-5-12/h1-8H,9-11H2,(H3,17,18,20). The molecule has 20 heavy (non-hydrogen) atoms. The van der Waals surface area contributed by atoms with E-state index in [0.29, 0.717) is 5.11 Å². The first kappa shape index (κ1) is 13.1. The van der Waals surface area contributed by atoms with Gasteiger partial charge in [-0.2, -0.15) is 0 Å². The molecule has 0 saturated carbocycles. The van der Waals surface area contributed by atoms with Gasteiger partial charge < -0.3 is 11.1 Å². The van der Waals surface area contributed by atoms with Gasteiger partial charge in [0.05, 0.1) is 0 Å². The van der Waals surface area contributed by atoms with E-state index in [1.807, 2.05) is 6.07 Å². The molecule has 0 aliphatic carbocycles. The number of nitrogens with one attached hydrogen (secondary N) is 1. The summed E-state index contributed by atoms with van der Waals surface area (Å²) in [6.45, 7) is 2.95. The third-order valence-corrected chi connectivity index (χ3v) is 3.61. The van der Waals surface area contributed by atoms with Crippen LogP contribution in [-0.2, 0) is 19.6 Å². The van der Waals surface area contributed by atoms with Crippen molar-refractivity contribution in [2.24, 2.45) is 5.73 Å². The summed E-state index contributed by atoms with van der Waals surface area (Å²) in [4.78, 5) is 2.44. The zero-order valence-electron chi connectivity index (χ0n) is 11.2. The van der Waals surface area contributed by atoms with Gasteiger partial charge in [-0.1, -0.05) is 36.4 Å². The fourth-order valence-electron chi connectivity index (χ4n) is 2.64. The summed E-state index contributed by atoms with van der Waals surface area (Å²) in [5.41, 5.74) is 10.6. The molecule has 2 aromatic carbocycles. The molecule has 0 saturated heterocycles. The van der Waals surface area contributed by atoms with Gasteiger partial charge in [0.15, 0.2) is 5.11 Å². The number of thiocarbonyl (C=S) groups is 1. The second kappa shape index (κ2) is 5.61. The van der Waals surface area contributed by atoms with Crippen molar-refractivity contribution in [3.63, 3.8) is 0 Å². The number of hydrogen-bond donors (Lipinski definition) is 2. The SMILES string of the molecule is NC(=S)Nc1ccc2c(c1)CN(Cc1ccccc1)C2. The maximum Gasteiger partial charge on any atom is 0.168 e. The Labute approximate surface area is 124 Å². The summed E-state index contributed by atoms with van der Waals surface area (Å²) >= 11 is 4.87. The predicted molar refractivity (Wildman–Crippen MR) is 86.2 cm³/mol. The molecule has 0 unspecified atom stereocenters. The second-order valence-corrected chi connectivity index (χ2v) is 5.54. The molecule has 3 N–H and O–H groups in total. The van der Waals surface area contributed by atoms with Gasteiger partial charge in [0.25, 0.3) is 0 Å². The molecule has 3 nitrogen and oxygen atoms in total. The van der Waals surface area contributed by atoms with Crippen molar-refractivity contribution in [2.45, 2.75) is 19.6 Å². The van der Waals surface area contributed by atoms with Crippen molar-refractivity contribution in [1.82, 2.24) is 4.90 Å². The highest BCUT2D eigenvalue weighted by atomic mass is 32.1. The smallest absolute Gasteiger partial charge is 0.168 e. The van der Waals surface area contributed by atoms with E-state index >= 15 is 0 Å². The number of benzene rings is 2. The highest BCUT2D eigenvalue weighted by Gasteiger charge is 2.19. The zero-order valence-corrected chi connectivity index (χ0v) is 12.0. The van der Waals surface area contributed by atoms with E-state index in [0.717, 1.165) is 25.3 Å². The molecular formula is C16H17N3S. The summed E-state index contributed by atoms with van der Waals surface area (Å²) < 4.78 is 0. The zero-order chi connectivity index (χ0) is 13.9. The minimum atomic E-state index is 0.309. The van der Waals surface area contributed by atoms with Crippen LogP contribution in [0.2, 0.25) is 0 Å². The Bertz CT molecular complexity index is 625. The van der Waals surface area contributed by atoms with Crippen molar-refractivity contribution in [1.29, 1.82) is 0 Å². The molecule has 1 aliphatic rings. The lowest BCUT2D eigenvalue weighted by molar-refractivity contribution is 0.275. The third-order valence-electron chi connectivity index (χ3n) is 3.51. The lowest BCUT2D eigenvalue weighted by atomic mass is 10.1. The Morgan fingerprint density at radius 1 is 1.10 bits per heavy atom. The molecule has 0 fully saturated rings. The highest BCUT2D eigenvalue weighted by molar-refractivity contribution is 7.80. The Balaban J connectivity index is 1.70. The molecule has 102 valence electrons. The number of anilines is 1. The van der Waals surface area contributed by atoms with Gasteiger partial charge in [0.1, 0.15) is 0 Å². The van der Waals surface area contributed by atoms with E-state index in [9.17, 15) is 0 Å². The van der Waals surface area contributed by atoms with E-state index in [2.05, 4.69) is 52.7 Å². The molecule has 0 spiro atoms. The van der Waals surface area contributed by atoms with E-state index in [1.165, 1.54) is 16.7 Å². The summed E-state index contributed by atoms with van der Waals surface area (Å²) in [6.07, 6.45) is 0. The number of rotatable bonds is 3. The Morgan fingerprint density at radius 3 is 2.60 bits per heavy atom. The van der Waals surface area contributed by atoms with Gasteiger partial charge >= 0.3 is 0 Å². The van der Waals surface area contributed by atoms with Crippen molar-refractivity contribution in [3.05, 3.63) is 65.2 Å². The van der Waals surface area contributed by atoms with Gasteiger partial charge in [-0.25, -0.2) is 0 Å². The number of nitrogens with two attached hydrogens (primary N) is 1. The van der Waals surface area contributed by atoms with Crippen LogP contribution >= 0.6 is 12.2 Å². The van der Waals surface area contributed by atoms with E-state index in [-0.39, 0.29) is 0 Å². The van der Waals surface area contributed by atoms with Crippen LogP contribution in [0.5, 0.6) is 0 Å². The van der Waals surface area contributed by atoms with Gasteiger partial charge in [-0.3, -0.25) is 4.90 Å². The molecule has 0 amide bonds. The first-order valence-electron chi connectivity index (χ1n) is 6.65. The van der Waals surface area contributed by atoms with Crippen molar-refractivity contribution < 1.29 is 0 Å². The van der Waals surface area contributed by atoms with Crippen LogP contribution in [0.1, 0.15) is 16.7 Å². The minimum Gasteiger partial charge on any atom is -0.376 e. The van der Waals surface area contributed by atoms with Crippen LogP contribution in [0.25, 0.3) is 0 Å². The van der Waals surface area contributed by atoms with E-state index in [1.54, 1.807) is 0 Å². The molecule has 0 atom stereocenters. The highest BCUT2D eigenvalue weighted by Crippen LogP contribution is 2.26. The largest absolute Gasteiger partial charge is 0.376 e. The summed E-state index contributed by atoms with van der Waals surface area (Å²) in [7, 11) is 0. The predicted octanol–water partition coefficient (Wildman–Crippen LogP) is 2.86. The monoisotopic (exact) mass is 283 g/mol. The number of hydrogen-bond acceptors (Lipinski definition) is 2. The van der Waals surface area contributed by atoms with Crippen LogP contribution < -0.4 is 11.1 Å². The second-order valence-electron chi connectivity index (χ2n) is 5.10. The van der Waals surface area contributed by atoms with Gasteiger partial charge in [-0.05, 0) is 41.0 Å². The van der Waals surface area contributed by atoms with Crippen LogP contribution in [0.15, 0.2) is 48.5 Å². The molecule has 0 bridgehead atoms. The van der Waals surface area contributed by atoms with Crippen LogP contribution in [0.3, 0.4) is 0 Å². The normalized spacial score (nSPS) is 14.0. The maximum atomic E-state index is 5.51. The topological polar surface area (TPSA) is 41.3 Å². The molecule has 3 rings (SSSR count). The number of nitrogens with zero attached hydrogens (tertiary/aromatic N) is 1. The van der Waals surface area contributed by atoms with Crippen molar-refractivity contribution in [2.75, 3.05) is 5.32 Å². The quantitative estimate of drug-likeness (QED) is 0.850. The lowest BCUT2D eigenvalue weighted by Crippen LogP contribution is -2.18. The van der Waals surface area contributed by atoms with Crippen molar-refractivity contribution >= 4 is 23.0 Å².